The minimum absolute atomic E-state index is 0.0803. The molecule has 2 amide bonds. The molecule has 2 aliphatic rings. The van der Waals surface area contributed by atoms with E-state index in [9.17, 15) is 4.79 Å². The van der Waals surface area contributed by atoms with Gasteiger partial charge in [-0.1, -0.05) is 23.7 Å². The molecule has 0 aliphatic carbocycles. The summed E-state index contributed by atoms with van der Waals surface area (Å²) in [5, 5.41) is 4.03. The van der Waals surface area contributed by atoms with Gasteiger partial charge in [0.1, 0.15) is 11.6 Å². The normalized spacial score (nSPS) is 18.5. The first kappa shape index (κ1) is 20.9. The molecule has 30 heavy (non-hydrogen) atoms. The van der Waals surface area contributed by atoms with Gasteiger partial charge in [0.25, 0.3) is 0 Å². The predicted molar refractivity (Wildman–Crippen MR) is 120 cm³/mol. The van der Waals surface area contributed by atoms with Crippen molar-refractivity contribution in [2.45, 2.75) is 51.5 Å². The molecule has 0 bridgehead atoms. The highest BCUT2D eigenvalue weighted by Gasteiger charge is 2.27. The lowest BCUT2D eigenvalue weighted by molar-refractivity contribution is 0.175. The van der Waals surface area contributed by atoms with Crippen molar-refractivity contribution in [2.75, 3.05) is 31.1 Å². The summed E-state index contributed by atoms with van der Waals surface area (Å²) in [6.45, 7) is 7.34. The second-order valence-corrected chi connectivity index (χ2v) is 8.87. The molecule has 4 rings (SSSR count). The summed E-state index contributed by atoms with van der Waals surface area (Å²) in [5.74, 6) is 2.31. The quantitative estimate of drug-likeness (QED) is 0.793. The monoisotopic (exact) mass is 427 g/mol. The van der Waals surface area contributed by atoms with Crippen LogP contribution in [0.2, 0.25) is 5.02 Å². The molecular formula is C23H30ClN5O. The first-order valence-electron chi connectivity index (χ1n) is 10.9. The van der Waals surface area contributed by atoms with Crippen molar-refractivity contribution >= 4 is 23.4 Å². The van der Waals surface area contributed by atoms with Crippen LogP contribution < -0.4 is 10.2 Å². The number of piperidine rings is 2. The maximum atomic E-state index is 12.8. The molecule has 0 saturated carbocycles. The van der Waals surface area contributed by atoms with Crippen molar-refractivity contribution in [1.82, 2.24) is 20.2 Å². The minimum atomic E-state index is 0.0803. The lowest BCUT2D eigenvalue weighted by atomic mass is 9.89. The van der Waals surface area contributed by atoms with Gasteiger partial charge in [0.15, 0.2) is 0 Å². The van der Waals surface area contributed by atoms with Gasteiger partial charge in [-0.3, -0.25) is 0 Å². The molecule has 1 aromatic heterocycles. The number of nitrogens with one attached hydrogen (secondary N) is 1. The Morgan fingerprint density at radius 3 is 2.30 bits per heavy atom. The second-order valence-electron chi connectivity index (χ2n) is 8.44. The van der Waals surface area contributed by atoms with E-state index in [0.717, 1.165) is 74.2 Å². The van der Waals surface area contributed by atoms with Gasteiger partial charge in [0.05, 0.1) is 0 Å². The lowest BCUT2D eigenvalue weighted by Crippen LogP contribution is -2.51. The number of anilines is 1. The Kier molecular flexibility index (Phi) is 6.42. The number of hydrogen-bond donors (Lipinski definition) is 1. The number of nitrogens with zero attached hydrogens (tertiary/aromatic N) is 4. The molecule has 0 radical (unpaired) electrons. The summed E-state index contributed by atoms with van der Waals surface area (Å²) in [7, 11) is 0. The summed E-state index contributed by atoms with van der Waals surface area (Å²) in [5.41, 5.74) is 2.32. The molecule has 0 spiro atoms. The third-order valence-corrected chi connectivity index (χ3v) is 6.47. The van der Waals surface area contributed by atoms with Crippen molar-refractivity contribution in [3.63, 3.8) is 0 Å². The van der Waals surface area contributed by atoms with E-state index in [2.05, 4.69) is 32.3 Å². The highest BCUT2D eigenvalue weighted by molar-refractivity contribution is 6.30. The standard InChI is InChI=1S/C23H30ClN5O/c1-16-15-22(26-17(2)25-16)28-13-9-21(10-14-28)27-23(30)29-11-7-19(8-12-29)18-3-5-20(24)6-4-18/h3-6,15,19,21H,7-14H2,1-2H3,(H,27,30). The van der Waals surface area contributed by atoms with Crippen LogP contribution >= 0.6 is 11.6 Å². The number of benzene rings is 1. The van der Waals surface area contributed by atoms with Gasteiger partial charge in [-0.25, -0.2) is 14.8 Å². The van der Waals surface area contributed by atoms with Gasteiger partial charge in [-0.05, 0) is 63.1 Å². The lowest BCUT2D eigenvalue weighted by Gasteiger charge is -2.36. The van der Waals surface area contributed by atoms with Crippen LogP contribution in [-0.4, -0.2) is 53.1 Å². The first-order valence-corrected chi connectivity index (χ1v) is 11.2. The van der Waals surface area contributed by atoms with Crippen LogP contribution in [0.1, 0.15) is 48.7 Å². The van der Waals surface area contributed by atoms with E-state index in [1.165, 1.54) is 5.56 Å². The van der Waals surface area contributed by atoms with Gasteiger partial charge in [-0.15, -0.1) is 0 Å². The van der Waals surface area contributed by atoms with Crippen LogP contribution in [0.4, 0.5) is 10.6 Å². The van der Waals surface area contributed by atoms with Gasteiger partial charge >= 0.3 is 6.03 Å². The third kappa shape index (κ3) is 5.04. The fraction of sp³-hybridized carbons (Fsp3) is 0.522. The zero-order valence-electron chi connectivity index (χ0n) is 17.8. The fourth-order valence-corrected chi connectivity index (χ4v) is 4.66. The Labute approximate surface area is 183 Å². The van der Waals surface area contributed by atoms with E-state index in [-0.39, 0.29) is 12.1 Å². The molecule has 6 nitrogen and oxygen atoms in total. The number of halogens is 1. The fourth-order valence-electron chi connectivity index (χ4n) is 4.53. The Bertz CT molecular complexity index is 851. The molecule has 2 aromatic rings. The summed E-state index contributed by atoms with van der Waals surface area (Å²) in [6, 6.07) is 10.5. The second kappa shape index (κ2) is 9.21. The average Bonchev–Trinajstić information content (AvgIpc) is 2.74. The summed E-state index contributed by atoms with van der Waals surface area (Å²) >= 11 is 6.00. The van der Waals surface area contributed by atoms with Crippen molar-refractivity contribution in [1.29, 1.82) is 0 Å². The maximum Gasteiger partial charge on any atom is 0.317 e. The molecular weight excluding hydrogens is 398 g/mol. The predicted octanol–water partition coefficient (Wildman–Crippen LogP) is 4.30. The number of hydrogen-bond acceptors (Lipinski definition) is 4. The number of amides is 2. The van der Waals surface area contributed by atoms with E-state index < -0.39 is 0 Å². The Morgan fingerprint density at radius 2 is 1.67 bits per heavy atom. The van der Waals surface area contributed by atoms with Crippen molar-refractivity contribution in [2.24, 2.45) is 0 Å². The zero-order chi connectivity index (χ0) is 21.1. The maximum absolute atomic E-state index is 12.8. The number of aromatic nitrogens is 2. The van der Waals surface area contributed by atoms with Crippen LogP contribution in [0, 0.1) is 13.8 Å². The average molecular weight is 428 g/mol. The van der Waals surface area contributed by atoms with Crippen LogP contribution in [0.25, 0.3) is 0 Å². The summed E-state index contributed by atoms with van der Waals surface area (Å²) < 4.78 is 0. The molecule has 3 heterocycles. The highest BCUT2D eigenvalue weighted by Crippen LogP contribution is 2.29. The summed E-state index contributed by atoms with van der Waals surface area (Å²) in [6.07, 6.45) is 3.88. The number of carbonyl (C=O) groups excluding carboxylic acids is 1. The van der Waals surface area contributed by atoms with Crippen LogP contribution in [0.15, 0.2) is 30.3 Å². The molecule has 160 valence electrons. The van der Waals surface area contributed by atoms with Crippen LogP contribution in [-0.2, 0) is 0 Å². The van der Waals surface area contributed by atoms with Crippen molar-refractivity contribution in [3.8, 4) is 0 Å². The smallest absolute Gasteiger partial charge is 0.317 e. The molecule has 1 N–H and O–H groups in total. The van der Waals surface area contributed by atoms with Gasteiger partial charge < -0.3 is 15.1 Å². The van der Waals surface area contributed by atoms with Gasteiger partial charge in [0, 0.05) is 49.0 Å². The van der Waals surface area contributed by atoms with Crippen molar-refractivity contribution in [3.05, 3.63) is 52.4 Å². The van der Waals surface area contributed by atoms with Gasteiger partial charge in [0.2, 0.25) is 0 Å². The molecule has 2 fully saturated rings. The zero-order valence-corrected chi connectivity index (χ0v) is 18.5. The van der Waals surface area contributed by atoms with E-state index in [4.69, 9.17) is 11.6 Å². The summed E-state index contributed by atoms with van der Waals surface area (Å²) in [4.78, 5) is 25.9. The molecule has 2 saturated heterocycles. The molecule has 0 unspecified atom stereocenters. The number of aryl methyl sites for hydroxylation is 2. The Balaban J connectivity index is 1.24. The Morgan fingerprint density at radius 1 is 1.00 bits per heavy atom. The van der Waals surface area contributed by atoms with Gasteiger partial charge in [-0.2, -0.15) is 0 Å². The highest BCUT2D eigenvalue weighted by atomic mass is 35.5. The Hall–Kier alpha value is -2.34. The SMILES string of the molecule is Cc1cc(N2CCC(NC(=O)N3CCC(c4ccc(Cl)cc4)CC3)CC2)nc(C)n1. The largest absolute Gasteiger partial charge is 0.356 e. The van der Waals surface area contributed by atoms with E-state index in [0.29, 0.717) is 5.92 Å². The van der Waals surface area contributed by atoms with E-state index in [1.54, 1.807) is 0 Å². The minimum Gasteiger partial charge on any atom is -0.356 e. The molecule has 2 aliphatic heterocycles. The molecule has 0 atom stereocenters. The number of carbonyl (C=O) groups is 1. The number of urea groups is 1. The topological polar surface area (TPSA) is 61.4 Å². The van der Waals surface area contributed by atoms with E-state index in [1.807, 2.05) is 36.9 Å². The third-order valence-electron chi connectivity index (χ3n) is 6.22. The first-order chi connectivity index (χ1) is 14.5. The molecule has 1 aromatic carbocycles. The molecule has 7 heteroatoms. The number of rotatable bonds is 3. The van der Waals surface area contributed by atoms with Crippen LogP contribution in [0.5, 0.6) is 0 Å². The van der Waals surface area contributed by atoms with Crippen molar-refractivity contribution < 1.29 is 4.79 Å². The van der Waals surface area contributed by atoms with Crippen LogP contribution in [0.3, 0.4) is 0 Å². The van der Waals surface area contributed by atoms with E-state index >= 15 is 0 Å². The number of likely N-dealkylation sites (tertiary alicyclic amines) is 1.